The van der Waals surface area contributed by atoms with Gasteiger partial charge in [0, 0.05) is 5.69 Å². The van der Waals surface area contributed by atoms with Gasteiger partial charge >= 0.3 is 5.97 Å². The number of aromatic nitrogens is 2. The minimum Gasteiger partial charge on any atom is -0.459 e. The van der Waals surface area contributed by atoms with Gasteiger partial charge in [0.2, 0.25) is 5.91 Å². The molecule has 0 bridgehead atoms. The maximum Gasteiger partial charge on any atom is 0.338 e. The van der Waals surface area contributed by atoms with Crippen molar-refractivity contribution in [2.75, 3.05) is 11.1 Å². The van der Waals surface area contributed by atoms with E-state index < -0.39 is 5.97 Å². The van der Waals surface area contributed by atoms with Crippen LogP contribution in [0.15, 0.2) is 82.7 Å². The van der Waals surface area contributed by atoms with Crippen molar-refractivity contribution >= 4 is 40.2 Å². The number of carbonyl (C=O) groups excluding carboxylic acids is 2. The first-order chi connectivity index (χ1) is 17.4. The number of fused-ring (bicyclic) bond motifs is 1. The average Bonchev–Trinajstić information content (AvgIpc) is 2.88. The topological polar surface area (TPSA) is 114 Å². The zero-order valence-corrected chi connectivity index (χ0v) is 20.4. The number of nitriles is 1. The number of ether oxygens (including phenoxy) is 1. The van der Waals surface area contributed by atoms with Crippen LogP contribution in [-0.4, -0.2) is 33.3 Å². The smallest absolute Gasteiger partial charge is 0.338 e. The lowest BCUT2D eigenvalue weighted by atomic mass is 10.2. The normalized spacial score (nSPS) is 10.7. The molecule has 1 aromatic heterocycles. The molecule has 0 aliphatic rings. The number of anilines is 1. The molecule has 1 heterocycles. The van der Waals surface area contributed by atoms with Crippen molar-refractivity contribution in [2.45, 2.75) is 25.1 Å². The molecular weight excluding hydrogens is 476 g/mol. The first-order valence-corrected chi connectivity index (χ1v) is 12.1. The van der Waals surface area contributed by atoms with E-state index in [0.717, 1.165) is 11.8 Å². The van der Waals surface area contributed by atoms with Crippen LogP contribution in [0.5, 0.6) is 0 Å². The van der Waals surface area contributed by atoms with Gasteiger partial charge in [-0.15, -0.1) is 0 Å². The van der Waals surface area contributed by atoms with Crippen molar-refractivity contribution in [3.8, 4) is 11.8 Å². The Morgan fingerprint density at radius 3 is 2.42 bits per heavy atom. The number of benzene rings is 3. The molecule has 0 fully saturated rings. The summed E-state index contributed by atoms with van der Waals surface area (Å²) in [6.45, 7) is 3.55. The maximum atomic E-state index is 13.3. The molecule has 36 heavy (non-hydrogen) atoms. The first-order valence-electron chi connectivity index (χ1n) is 11.1. The van der Waals surface area contributed by atoms with Crippen molar-refractivity contribution in [3.05, 3.63) is 94.3 Å². The summed E-state index contributed by atoms with van der Waals surface area (Å²) in [5.41, 5.74) is 2.19. The molecule has 1 amide bonds. The minimum absolute atomic E-state index is 0.00178. The fourth-order valence-electron chi connectivity index (χ4n) is 3.42. The monoisotopic (exact) mass is 498 g/mol. The number of nitrogens with zero attached hydrogens (tertiary/aromatic N) is 3. The van der Waals surface area contributed by atoms with E-state index in [0.29, 0.717) is 38.6 Å². The molecule has 0 unspecified atom stereocenters. The lowest BCUT2D eigenvalue weighted by Gasteiger charge is -2.13. The molecule has 0 spiro atoms. The van der Waals surface area contributed by atoms with Gasteiger partial charge in [-0.05, 0) is 74.5 Å². The number of para-hydroxylation sites is 1. The van der Waals surface area contributed by atoms with E-state index >= 15 is 0 Å². The van der Waals surface area contributed by atoms with E-state index in [1.165, 1.54) is 4.57 Å². The van der Waals surface area contributed by atoms with E-state index in [9.17, 15) is 14.4 Å². The van der Waals surface area contributed by atoms with Gasteiger partial charge in [-0.2, -0.15) is 5.26 Å². The molecule has 9 heteroatoms. The molecule has 180 valence electrons. The summed E-state index contributed by atoms with van der Waals surface area (Å²) in [6, 6.07) is 22.1. The molecule has 0 saturated carbocycles. The summed E-state index contributed by atoms with van der Waals surface area (Å²) in [6.07, 6.45) is -0.223. The molecule has 4 aromatic rings. The minimum atomic E-state index is -0.429. The second kappa shape index (κ2) is 10.9. The van der Waals surface area contributed by atoms with Gasteiger partial charge in [0.1, 0.15) is 0 Å². The predicted octanol–water partition coefficient (Wildman–Crippen LogP) is 4.55. The highest BCUT2D eigenvalue weighted by Gasteiger charge is 2.15. The third kappa shape index (κ3) is 5.62. The summed E-state index contributed by atoms with van der Waals surface area (Å²) in [7, 11) is 0. The van der Waals surface area contributed by atoms with Crippen molar-refractivity contribution in [3.63, 3.8) is 0 Å². The highest BCUT2D eigenvalue weighted by Crippen LogP contribution is 2.22. The van der Waals surface area contributed by atoms with Crippen molar-refractivity contribution in [2.24, 2.45) is 0 Å². The van der Waals surface area contributed by atoms with Crippen LogP contribution in [0.1, 0.15) is 29.8 Å². The van der Waals surface area contributed by atoms with Gasteiger partial charge in [-0.3, -0.25) is 14.2 Å². The Morgan fingerprint density at radius 2 is 1.75 bits per heavy atom. The second-order valence-electron chi connectivity index (χ2n) is 8.08. The SMILES string of the molecule is CC(C)OC(=O)c1ccc(NC(=O)CSc2nc3ccccc3c(=O)n2-c2ccc(C#N)cc2)cc1. The zero-order chi connectivity index (χ0) is 25.7. The number of thioether (sulfide) groups is 1. The number of carbonyl (C=O) groups is 2. The van der Waals surface area contributed by atoms with E-state index in [4.69, 9.17) is 10.00 Å². The van der Waals surface area contributed by atoms with Gasteiger partial charge in [0.05, 0.1) is 45.6 Å². The molecule has 0 saturated heterocycles. The predicted molar refractivity (Wildman–Crippen MR) is 138 cm³/mol. The van der Waals surface area contributed by atoms with E-state index in [2.05, 4.69) is 16.4 Å². The van der Waals surface area contributed by atoms with Crippen molar-refractivity contribution < 1.29 is 14.3 Å². The van der Waals surface area contributed by atoms with Crippen molar-refractivity contribution in [1.29, 1.82) is 5.26 Å². The van der Waals surface area contributed by atoms with E-state index in [-0.39, 0.29) is 23.3 Å². The van der Waals surface area contributed by atoms with Crippen LogP contribution >= 0.6 is 11.8 Å². The maximum absolute atomic E-state index is 13.3. The third-order valence-electron chi connectivity index (χ3n) is 5.08. The Hall–Kier alpha value is -4.42. The number of amides is 1. The fraction of sp³-hybridized carbons (Fsp3) is 0.148. The Morgan fingerprint density at radius 1 is 1.06 bits per heavy atom. The quantitative estimate of drug-likeness (QED) is 0.226. The highest BCUT2D eigenvalue weighted by atomic mass is 32.2. The molecule has 3 aromatic carbocycles. The van der Waals surface area contributed by atoms with E-state index in [1.807, 2.05) is 0 Å². The number of esters is 1. The van der Waals surface area contributed by atoms with Crippen LogP contribution in [0.25, 0.3) is 16.6 Å². The van der Waals surface area contributed by atoms with Crippen LogP contribution in [0, 0.1) is 11.3 Å². The van der Waals surface area contributed by atoms with Gasteiger partial charge < -0.3 is 10.1 Å². The fourth-order valence-corrected chi connectivity index (χ4v) is 4.23. The summed E-state index contributed by atoms with van der Waals surface area (Å²) >= 11 is 1.12. The zero-order valence-electron chi connectivity index (χ0n) is 19.6. The standard InChI is InChI=1S/C27H22N4O4S/c1-17(2)35-26(34)19-9-11-20(12-10-19)29-24(32)16-36-27-30-23-6-4-3-5-22(23)25(33)31(27)21-13-7-18(15-28)8-14-21/h3-14,17H,16H2,1-2H3,(H,29,32). The van der Waals surface area contributed by atoms with E-state index in [1.54, 1.807) is 86.6 Å². The largest absolute Gasteiger partial charge is 0.459 e. The molecule has 0 radical (unpaired) electrons. The Balaban J connectivity index is 1.54. The van der Waals surface area contributed by atoms with Crippen LogP contribution in [-0.2, 0) is 9.53 Å². The highest BCUT2D eigenvalue weighted by molar-refractivity contribution is 7.99. The number of hydrogen-bond acceptors (Lipinski definition) is 7. The van der Waals surface area contributed by atoms with Gasteiger partial charge in [0.15, 0.2) is 5.16 Å². The van der Waals surface area contributed by atoms with Crippen LogP contribution in [0.3, 0.4) is 0 Å². The second-order valence-corrected chi connectivity index (χ2v) is 9.02. The third-order valence-corrected chi connectivity index (χ3v) is 6.02. The molecule has 0 aliphatic carbocycles. The summed E-state index contributed by atoms with van der Waals surface area (Å²) < 4.78 is 6.61. The Kier molecular flexibility index (Phi) is 7.47. The summed E-state index contributed by atoms with van der Waals surface area (Å²) in [5.74, 6) is -0.731. The van der Waals surface area contributed by atoms with Gasteiger partial charge in [-0.1, -0.05) is 23.9 Å². The molecule has 1 N–H and O–H groups in total. The molecule has 8 nitrogen and oxygen atoms in total. The Bertz CT molecular complexity index is 1520. The number of nitrogens with one attached hydrogen (secondary N) is 1. The number of hydrogen-bond donors (Lipinski definition) is 1. The van der Waals surface area contributed by atoms with Crippen LogP contribution < -0.4 is 10.9 Å². The average molecular weight is 499 g/mol. The molecular formula is C27H22N4O4S. The van der Waals surface area contributed by atoms with Gasteiger partial charge in [-0.25, -0.2) is 9.78 Å². The van der Waals surface area contributed by atoms with Crippen LogP contribution in [0.4, 0.5) is 5.69 Å². The first kappa shape index (κ1) is 24.7. The molecule has 0 atom stereocenters. The van der Waals surface area contributed by atoms with Gasteiger partial charge in [0.25, 0.3) is 5.56 Å². The summed E-state index contributed by atoms with van der Waals surface area (Å²) in [5, 5.41) is 12.7. The summed E-state index contributed by atoms with van der Waals surface area (Å²) in [4.78, 5) is 42.6. The lowest BCUT2D eigenvalue weighted by molar-refractivity contribution is -0.113. The molecule has 0 aliphatic heterocycles. The lowest BCUT2D eigenvalue weighted by Crippen LogP contribution is -2.23. The molecule has 4 rings (SSSR count). The van der Waals surface area contributed by atoms with Crippen molar-refractivity contribution in [1.82, 2.24) is 9.55 Å². The Labute approximate surface area is 211 Å². The van der Waals surface area contributed by atoms with Crippen LogP contribution in [0.2, 0.25) is 0 Å². The number of rotatable bonds is 7.